The first kappa shape index (κ1) is 21.3. The van der Waals surface area contributed by atoms with Gasteiger partial charge in [-0.25, -0.2) is 4.79 Å². The first-order chi connectivity index (χ1) is 14.5. The molecule has 0 atom stereocenters. The lowest BCUT2D eigenvalue weighted by Gasteiger charge is -2.35. The van der Waals surface area contributed by atoms with Crippen LogP contribution < -0.4 is 10.2 Å². The van der Waals surface area contributed by atoms with Crippen molar-refractivity contribution in [3.8, 4) is 0 Å². The predicted molar refractivity (Wildman–Crippen MR) is 113 cm³/mol. The number of carbonyl (C=O) groups is 2. The van der Waals surface area contributed by atoms with Gasteiger partial charge in [0.15, 0.2) is 0 Å². The zero-order valence-electron chi connectivity index (χ0n) is 16.7. The van der Waals surface area contributed by atoms with Gasteiger partial charge in [-0.15, -0.1) is 0 Å². The SMILES string of the molecule is CCOC(=O)c1ccccc1NC(=O)CN1CCN(c2ccccc2[N+](=O)[O-])CC1. The summed E-state index contributed by atoms with van der Waals surface area (Å²) in [5.74, 6) is -0.711. The lowest BCUT2D eigenvalue weighted by molar-refractivity contribution is -0.384. The van der Waals surface area contributed by atoms with Crippen LogP contribution >= 0.6 is 0 Å². The number of hydrogen-bond donors (Lipinski definition) is 1. The number of hydrogen-bond acceptors (Lipinski definition) is 7. The van der Waals surface area contributed by atoms with Crippen LogP contribution in [-0.4, -0.2) is 61.0 Å². The molecule has 1 fully saturated rings. The van der Waals surface area contributed by atoms with Gasteiger partial charge < -0.3 is 15.0 Å². The van der Waals surface area contributed by atoms with E-state index in [0.29, 0.717) is 43.1 Å². The van der Waals surface area contributed by atoms with Gasteiger partial charge in [0.2, 0.25) is 5.91 Å². The molecule has 9 nitrogen and oxygen atoms in total. The summed E-state index contributed by atoms with van der Waals surface area (Å²) in [4.78, 5) is 39.4. The molecule has 0 radical (unpaired) electrons. The Morgan fingerprint density at radius 1 is 1.07 bits per heavy atom. The molecule has 30 heavy (non-hydrogen) atoms. The molecule has 0 bridgehead atoms. The fourth-order valence-corrected chi connectivity index (χ4v) is 3.40. The van der Waals surface area contributed by atoms with Crippen LogP contribution in [0.25, 0.3) is 0 Å². The van der Waals surface area contributed by atoms with Gasteiger partial charge in [-0.3, -0.25) is 19.8 Å². The molecule has 3 rings (SSSR count). The molecule has 2 aromatic rings. The van der Waals surface area contributed by atoms with Gasteiger partial charge in [0, 0.05) is 32.2 Å². The minimum atomic E-state index is -0.480. The number of esters is 1. The standard InChI is InChI=1S/C21H24N4O5/c1-2-30-21(27)16-7-3-4-8-17(16)22-20(26)15-23-11-13-24(14-12-23)18-9-5-6-10-19(18)25(28)29/h3-10H,2,11-15H2,1H3,(H,22,26). The second-order valence-electron chi connectivity index (χ2n) is 6.82. The Kier molecular flexibility index (Phi) is 6.97. The Morgan fingerprint density at radius 2 is 1.73 bits per heavy atom. The summed E-state index contributed by atoms with van der Waals surface area (Å²) in [5.41, 5.74) is 1.41. The number of carbonyl (C=O) groups excluding carboxylic acids is 2. The quantitative estimate of drug-likeness (QED) is 0.423. The van der Waals surface area contributed by atoms with Crippen molar-refractivity contribution >= 4 is 28.9 Å². The number of para-hydroxylation sites is 3. The van der Waals surface area contributed by atoms with Gasteiger partial charge in [-0.1, -0.05) is 24.3 Å². The first-order valence-electron chi connectivity index (χ1n) is 9.76. The van der Waals surface area contributed by atoms with Crippen LogP contribution in [-0.2, 0) is 9.53 Å². The third-order valence-corrected chi connectivity index (χ3v) is 4.86. The minimum Gasteiger partial charge on any atom is -0.462 e. The zero-order valence-corrected chi connectivity index (χ0v) is 16.7. The van der Waals surface area contributed by atoms with E-state index in [1.165, 1.54) is 6.07 Å². The van der Waals surface area contributed by atoms with E-state index >= 15 is 0 Å². The van der Waals surface area contributed by atoms with Crippen LogP contribution in [0.1, 0.15) is 17.3 Å². The van der Waals surface area contributed by atoms with Crippen molar-refractivity contribution in [3.05, 3.63) is 64.2 Å². The third-order valence-electron chi connectivity index (χ3n) is 4.86. The van der Waals surface area contributed by atoms with Gasteiger partial charge in [-0.2, -0.15) is 0 Å². The average Bonchev–Trinajstić information content (AvgIpc) is 2.74. The normalized spacial score (nSPS) is 14.2. The monoisotopic (exact) mass is 412 g/mol. The predicted octanol–water partition coefficient (Wildman–Crippen LogP) is 2.53. The van der Waals surface area contributed by atoms with Crippen molar-refractivity contribution in [2.75, 3.05) is 49.5 Å². The fraction of sp³-hybridized carbons (Fsp3) is 0.333. The second kappa shape index (κ2) is 9.84. The Bertz CT molecular complexity index is 925. The van der Waals surface area contributed by atoms with E-state index in [0.717, 1.165) is 0 Å². The summed E-state index contributed by atoms with van der Waals surface area (Å²) in [6, 6.07) is 13.4. The van der Waals surface area contributed by atoms with E-state index < -0.39 is 5.97 Å². The van der Waals surface area contributed by atoms with Crippen LogP contribution in [0.3, 0.4) is 0 Å². The summed E-state index contributed by atoms with van der Waals surface area (Å²) in [7, 11) is 0. The maximum Gasteiger partial charge on any atom is 0.340 e. The van der Waals surface area contributed by atoms with Crippen LogP contribution in [0, 0.1) is 10.1 Å². The van der Waals surface area contributed by atoms with E-state index in [2.05, 4.69) is 5.32 Å². The molecule has 1 saturated heterocycles. The highest BCUT2D eigenvalue weighted by Gasteiger charge is 2.24. The molecule has 1 heterocycles. The summed E-state index contributed by atoms with van der Waals surface area (Å²) < 4.78 is 5.03. The Labute approximate surface area is 174 Å². The van der Waals surface area contributed by atoms with Crippen molar-refractivity contribution in [3.63, 3.8) is 0 Å². The average molecular weight is 412 g/mol. The Hall–Kier alpha value is -3.46. The fourth-order valence-electron chi connectivity index (χ4n) is 3.40. The highest BCUT2D eigenvalue weighted by atomic mass is 16.6. The Morgan fingerprint density at radius 3 is 2.43 bits per heavy atom. The molecule has 1 amide bonds. The van der Waals surface area contributed by atoms with Crippen molar-refractivity contribution < 1.29 is 19.2 Å². The van der Waals surface area contributed by atoms with Crippen molar-refractivity contribution in [1.29, 1.82) is 0 Å². The number of rotatable bonds is 7. The zero-order chi connectivity index (χ0) is 21.5. The van der Waals surface area contributed by atoms with E-state index in [4.69, 9.17) is 4.74 Å². The molecule has 0 aromatic heterocycles. The number of nitrogens with zero attached hydrogens (tertiary/aromatic N) is 3. The summed E-state index contributed by atoms with van der Waals surface area (Å²) in [6.45, 7) is 4.50. The van der Waals surface area contributed by atoms with Gasteiger partial charge in [-0.05, 0) is 25.1 Å². The number of piperazine rings is 1. The number of nitro groups is 1. The topological polar surface area (TPSA) is 105 Å². The van der Waals surface area contributed by atoms with Gasteiger partial charge in [0.05, 0.1) is 29.3 Å². The number of ether oxygens (including phenoxy) is 1. The van der Waals surface area contributed by atoms with Gasteiger partial charge >= 0.3 is 5.97 Å². The highest BCUT2D eigenvalue weighted by Crippen LogP contribution is 2.28. The van der Waals surface area contributed by atoms with E-state index in [1.807, 2.05) is 9.80 Å². The number of nitrogens with one attached hydrogen (secondary N) is 1. The molecule has 1 aliphatic heterocycles. The molecular formula is C21H24N4O5. The van der Waals surface area contributed by atoms with Gasteiger partial charge in [0.25, 0.3) is 5.69 Å². The maximum atomic E-state index is 12.5. The number of nitro benzene ring substituents is 1. The van der Waals surface area contributed by atoms with E-state index in [-0.39, 0.29) is 29.7 Å². The molecule has 158 valence electrons. The lowest BCUT2D eigenvalue weighted by atomic mass is 10.1. The number of benzene rings is 2. The smallest absolute Gasteiger partial charge is 0.340 e. The van der Waals surface area contributed by atoms with Crippen molar-refractivity contribution in [1.82, 2.24) is 4.90 Å². The summed E-state index contributed by atoms with van der Waals surface area (Å²) in [6.07, 6.45) is 0. The van der Waals surface area contributed by atoms with Crippen LogP contribution in [0.15, 0.2) is 48.5 Å². The largest absolute Gasteiger partial charge is 0.462 e. The molecule has 1 N–H and O–H groups in total. The summed E-state index contributed by atoms with van der Waals surface area (Å²) >= 11 is 0. The number of anilines is 2. The van der Waals surface area contributed by atoms with Crippen LogP contribution in [0.2, 0.25) is 0 Å². The van der Waals surface area contributed by atoms with E-state index in [9.17, 15) is 19.7 Å². The van der Waals surface area contributed by atoms with Crippen molar-refractivity contribution in [2.45, 2.75) is 6.92 Å². The molecule has 0 unspecified atom stereocenters. The van der Waals surface area contributed by atoms with E-state index in [1.54, 1.807) is 49.4 Å². The minimum absolute atomic E-state index is 0.0827. The van der Waals surface area contributed by atoms with Crippen molar-refractivity contribution in [2.24, 2.45) is 0 Å². The van der Waals surface area contributed by atoms with Crippen LogP contribution in [0.5, 0.6) is 0 Å². The second-order valence-corrected chi connectivity index (χ2v) is 6.82. The maximum absolute atomic E-state index is 12.5. The summed E-state index contributed by atoms with van der Waals surface area (Å²) in [5, 5.41) is 14.0. The molecular weight excluding hydrogens is 388 g/mol. The molecule has 1 aliphatic rings. The molecule has 0 saturated carbocycles. The van der Waals surface area contributed by atoms with Crippen LogP contribution in [0.4, 0.5) is 17.1 Å². The molecule has 2 aromatic carbocycles. The highest BCUT2D eigenvalue weighted by molar-refractivity contribution is 6.01. The lowest BCUT2D eigenvalue weighted by Crippen LogP contribution is -2.48. The molecule has 0 spiro atoms. The first-order valence-corrected chi connectivity index (χ1v) is 9.76. The van der Waals surface area contributed by atoms with Gasteiger partial charge in [0.1, 0.15) is 5.69 Å². The molecule has 9 heteroatoms. The number of amides is 1. The Balaban J connectivity index is 1.57. The molecule has 0 aliphatic carbocycles. The third kappa shape index (κ3) is 5.12.